The number of ether oxygens (including phenoxy) is 1. The van der Waals surface area contributed by atoms with Crippen molar-refractivity contribution >= 4 is 23.4 Å². The highest BCUT2D eigenvalue weighted by Gasteiger charge is 2.11. The van der Waals surface area contributed by atoms with Crippen molar-refractivity contribution in [1.82, 2.24) is 5.32 Å². The Bertz CT molecular complexity index is 481. The molecule has 1 heterocycles. The van der Waals surface area contributed by atoms with Crippen molar-refractivity contribution in [1.29, 1.82) is 0 Å². The van der Waals surface area contributed by atoms with Crippen molar-refractivity contribution in [2.45, 2.75) is 19.3 Å². The van der Waals surface area contributed by atoms with E-state index in [1.165, 1.54) is 32.1 Å². The van der Waals surface area contributed by atoms with Gasteiger partial charge in [0.2, 0.25) is 5.91 Å². The summed E-state index contributed by atoms with van der Waals surface area (Å²) in [6.07, 6.45) is 3.15. The molecule has 0 radical (unpaired) electrons. The van der Waals surface area contributed by atoms with Gasteiger partial charge in [-0.25, -0.2) is 4.79 Å². The normalized spacial score (nSPS) is 14.4. The van der Waals surface area contributed by atoms with E-state index in [1.54, 1.807) is 0 Å². The molecule has 1 aromatic carbocycles. The van der Waals surface area contributed by atoms with Crippen LogP contribution in [0.1, 0.15) is 19.3 Å². The Balaban J connectivity index is 1.84. The van der Waals surface area contributed by atoms with E-state index in [1.807, 2.05) is 24.3 Å². The van der Waals surface area contributed by atoms with Crippen molar-refractivity contribution in [2.75, 3.05) is 37.0 Å². The van der Waals surface area contributed by atoms with Crippen LogP contribution in [0.5, 0.6) is 0 Å². The molecule has 0 spiro atoms. The minimum absolute atomic E-state index is 0.111. The average Bonchev–Trinajstić information content (AvgIpc) is 2.54. The number of rotatable bonds is 4. The first-order valence-corrected chi connectivity index (χ1v) is 7.16. The molecule has 6 nitrogen and oxygen atoms in total. The van der Waals surface area contributed by atoms with E-state index in [0.29, 0.717) is 5.69 Å². The Kier molecular flexibility index (Phi) is 5.43. The van der Waals surface area contributed by atoms with E-state index in [2.05, 4.69) is 20.3 Å². The van der Waals surface area contributed by atoms with Crippen LogP contribution in [-0.2, 0) is 9.53 Å². The smallest absolute Gasteiger partial charge is 0.407 e. The molecule has 1 aliphatic heterocycles. The summed E-state index contributed by atoms with van der Waals surface area (Å²) in [7, 11) is 1.26. The second kappa shape index (κ2) is 7.52. The van der Waals surface area contributed by atoms with Gasteiger partial charge in [-0.3, -0.25) is 4.79 Å². The molecule has 0 saturated carbocycles. The van der Waals surface area contributed by atoms with Gasteiger partial charge in [0.1, 0.15) is 6.54 Å². The van der Waals surface area contributed by atoms with Gasteiger partial charge in [0.05, 0.1) is 7.11 Å². The van der Waals surface area contributed by atoms with Gasteiger partial charge in [-0.2, -0.15) is 0 Å². The van der Waals surface area contributed by atoms with Crippen LogP contribution in [0, 0.1) is 0 Å². The van der Waals surface area contributed by atoms with Gasteiger partial charge in [0.15, 0.2) is 0 Å². The number of anilines is 2. The van der Waals surface area contributed by atoms with E-state index in [9.17, 15) is 9.59 Å². The van der Waals surface area contributed by atoms with Gasteiger partial charge in [-0.1, -0.05) is 0 Å². The predicted octanol–water partition coefficient (Wildman–Crippen LogP) is 1.97. The Morgan fingerprint density at radius 1 is 1.14 bits per heavy atom. The third-order valence-corrected chi connectivity index (χ3v) is 3.45. The van der Waals surface area contributed by atoms with Crippen LogP contribution in [0.2, 0.25) is 0 Å². The van der Waals surface area contributed by atoms with Gasteiger partial charge < -0.3 is 20.3 Å². The minimum Gasteiger partial charge on any atom is -0.453 e. The summed E-state index contributed by atoms with van der Waals surface area (Å²) in [5.41, 5.74) is 1.90. The Morgan fingerprint density at radius 2 is 1.81 bits per heavy atom. The van der Waals surface area contributed by atoms with Crippen molar-refractivity contribution < 1.29 is 14.3 Å². The van der Waals surface area contributed by atoms with Crippen molar-refractivity contribution in [2.24, 2.45) is 0 Å². The molecule has 6 heteroatoms. The molecule has 0 unspecified atom stereocenters. The van der Waals surface area contributed by atoms with Gasteiger partial charge in [-0.15, -0.1) is 0 Å². The lowest BCUT2D eigenvalue weighted by Gasteiger charge is -2.28. The van der Waals surface area contributed by atoms with Crippen LogP contribution in [0.25, 0.3) is 0 Å². The number of alkyl carbamates (subject to hydrolysis) is 1. The van der Waals surface area contributed by atoms with Crippen molar-refractivity contribution in [3.05, 3.63) is 24.3 Å². The first kappa shape index (κ1) is 15.2. The highest BCUT2D eigenvalue weighted by atomic mass is 16.5. The van der Waals surface area contributed by atoms with Gasteiger partial charge in [-0.05, 0) is 43.5 Å². The lowest BCUT2D eigenvalue weighted by Crippen LogP contribution is -2.32. The fourth-order valence-corrected chi connectivity index (χ4v) is 2.34. The number of piperidine rings is 1. The molecule has 0 aromatic heterocycles. The number of carbonyl (C=O) groups excluding carboxylic acids is 2. The molecular formula is C15H21N3O3. The summed E-state index contributed by atoms with van der Waals surface area (Å²) >= 11 is 0. The van der Waals surface area contributed by atoms with Crippen LogP contribution >= 0.6 is 0 Å². The Labute approximate surface area is 124 Å². The summed E-state index contributed by atoms with van der Waals surface area (Å²) in [5, 5.41) is 5.06. The molecule has 21 heavy (non-hydrogen) atoms. The second-order valence-corrected chi connectivity index (χ2v) is 4.99. The fourth-order valence-electron chi connectivity index (χ4n) is 2.34. The van der Waals surface area contributed by atoms with Crippen LogP contribution in [0.15, 0.2) is 24.3 Å². The van der Waals surface area contributed by atoms with Crippen LogP contribution in [0.3, 0.4) is 0 Å². The zero-order chi connectivity index (χ0) is 15.1. The molecule has 1 fully saturated rings. The van der Waals surface area contributed by atoms with Gasteiger partial charge in [0, 0.05) is 24.5 Å². The highest BCUT2D eigenvalue weighted by Crippen LogP contribution is 2.21. The topological polar surface area (TPSA) is 70.7 Å². The largest absolute Gasteiger partial charge is 0.453 e. The quantitative estimate of drug-likeness (QED) is 0.890. The molecule has 0 bridgehead atoms. The van der Waals surface area contributed by atoms with Crippen LogP contribution in [0.4, 0.5) is 16.2 Å². The lowest BCUT2D eigenvalue weighted by atomic mass is 10.1. The van der Waals surface area contributed by atoms with Gasteiger partial charge >= 0.3 is 6.09 Å². The first-order chi connectivity index (χ1) is 10.2. The fraction of sp³-hybridized carbons (Fsp3) is 0.467. The maximum Gasteiger partial charge on any atom is 0.407 e. The number of methoxy groups -OCH3 is 1. The zero-order valence-electron chi connectivity index (χ0n) is 12.2. The van der Waals surface area contributed by atoms with Crippen molar-refractivity contribution in [3.8, 4) is 0 Å². The Morgan fingerprint density at radius 3 is 2.43 bits per heavy atom. The summed E-state index contributed by atoms with van der Waals surface area (Å²) in [6.45, 7) is 2.07. The summed E-state index contributed by atoms with van der Waals surface area (Å²) in [4.78, 5) is 24.9. The summed E-state index contributed by atoms with van der Waals surface area (Å²) < 4.78 is 4.40. The monoisotopic (exact) mass is 291 g/mol. The lowest BCUT2D eigenvalue weighted by molar-refractivity contribution is -0.115. The number of nitrogens with zero attached hydrogens (tertiary/aromatic N) is 1. The summed E-state index contributed by atoms with van der Waals surface area (Å²) in [6, 6.07) is 7.77. The molecule has 114 valence electrons. The first-order valence-electron chi connectivity index (χ1n) is 7.16. The zero-order valence-corrected chi connectivity index (χ0v) is 12.2. The maximum atomic E-state index is 11.6. The highest BCUT2D eigenvalue weighted by molar-refractivity contribution is 5.93. The van der Waals surface area contributed by atoms with Crippen molar-refractivity contribution in [3.63, 3.8) is 0 Å². The number of nitrogens with one attached hydrogen (secondary N) is 2. The minimum atomic E-state index is -0.620. The second-order valence-electron chi connectivity index (χ2n) is 4.99. The molecule has 0 aliphatic carbocycles. The molecule has 1 aromatic rings. The molecule has 2 rings (SSSR count). The molecular weight excluding hydrogens is 270 g/mol. The van der Waals surface area contributed by atoms with Crippen LogP contribution < -0.4 is 15.5 Å². The third-order valence-electron chi connectivity index (χ3n) is 3.45. The predicted molar refractivity (Wildman–Crippen MR) is 81.5 cm³/mol. The number of hydrogen-bond donors (Lipinski definition) is 2. The molecule has 1 aliphatic rings. The number of amides is 2. The van der Waals surface area contributed by atoms with Crippen LogP contribution in [-0.4, -0.2) is 38.7 Å². The molecule has 2 amide bonds. The van der Waals surface area contributed by atoms with E-state index in [0.717, 1.165) is 13.1 Å². The van der Waals surface area contributed by atoms with E-state index in [-0.39, 0.29) is 12.5 Å². The molecule has 1 saturated heterocycles. The molecule has 2 N–H and O–H groups in total. The summed E-state index contributed by atoms with van der Waals surface area (Å²) in [5.74, 6) is -0.286. The number of carbonyl (C=O) groups is 2. The number of hydrogen-bond acceptors (Lipinski definition) is 4. The van der Waals surface area contributed by atoms with E-state index in [4.69, 9.17) is 0 Å². The van der Waals surface area contributed by atoms with Gasteiger partial charge in [0.25, 0.3) is 0 Å². The van der Waals surface area contributed by atoms with E-state index < -0.39 is 6.09 Å². The average molecular weight is 291 g/mol. The third kappa shape index (κ3) is 4.66. The Hall–Kier alpha value is -2.24. The maximum absolute atomic E-state index is 11.6. The SMILES string of the molecule is COC(=O)NCC(=O)Nc1ccc(N2CCCCC2)cc1. The standard InChI is InChI=1S/C15H21N3O3/c1-21-15(20)16-11-14(19)17-12-5-7-13(8-6-12)18-9-3-2-4-10-18/h5-8H,2-4,9-11H2,1H3,(H,16,20)(H,17,19). The molecule has 0 atom stereocenters. The van der Waals surface area contributed by atoms with E-state index >= 15 is 0 Å². The number of benzene rings is 1.